The molecule has 1 atom stereocenters. The van der Waals surface area contributed by atoms with Crippen LogP contribution in [-0.2, 0) is 13.0 Å². The van der Waals surface area contributed by atoms with Gasteiger partial charge in [-0.1, -0.05) is 48.5 Å². The molecule has 0 fully saturated rings. The Bertz CT molecular complexity index is 1900. The third-order valence-electron chi connectivity index (χ3n) is 7.97. The average molecular weight is 591 g/mol. The van der Waals surface area contributed by atoms with Crippen molar-refractivity contribution >= 4 is 34.5 Å². The van der Waals surface area contributed by atoms with E-state index in [9.17, 15) is 19.1 Å². The van der Waals surface area contributed by atoms with Crippen molar-refractivity contribution in [2.24, 2.45) is 0 Å². The van der Waals surface area contributed by atoms with E-state index in [0.29, 0.717) is 41.3 Å². The number of benzene rings is 3. The molecule has 3 aromatic carbocycles. The summed E-state index contributed by atoms with van der Waals surface area (Å²) in [4.78, 5) is 35.0. The Morgan fingerprint density at radius 3 is 2.72 bits per heavy atom. The monoisotopic (exact) mass is 590 g/mol. The zero-order chi connectivity index (χ0) is 29.7. The number of fused-ring (bicyclic) bond motifs is 4. The lowest BCUT2D eigenvalue weighted by Gasteiger charge is -2.23. The second kappa shape index (κ2) is 10.9. The number of para-hydroxylation sites is 2. The molecule has 43 heavy (non-hydrogen) atoms. The highest BCUT2D eigenvalue weighted by Gasteiger charge is 2.29. The fourth-order valence-electron chi connectivity index (χ4n) is 5.74. The molecule has 4 heterocycles. The molecular weight excluding hydrogens is 563 g/mol. The van der Waals surface area contributed by atoms with E-state index in [-0.39, 0.29) is 17.5 Å². The Balaban J connectivity index is 1.18. The fourth-order valence-corrected chi connectivity index (χ4v) is 6.88. The first-order valence-electron chi connectivity index (χ1n) is 14.0. The highest BCUT2D eigenvalue weighted by atomic mass is 32.1. The van der Waals surface area contributed by atoms with Crippen LogP contribution < -0.4 is 15.5 Å². The number of hydrogen-bond acceptors (Lipinski definition) is 6. The van der Waals surface area contributed by atoms with Crippen molar-refractivity contribution in [3.05, 3.63) is 124 Å². The molecule has 0 aliphatic carbocycles. The first-order chi connectivity index (χ1) is 20.9. The number of pyridine rings is 1. The molecule has 1 unspecified atom stereocenters. The lowest BCUT2D eigenvalue weighted by Crippen LogP contribution is -2.33. The number of halogens is 1. The summed E-state index contributed by atoms with van der Waals surface area (Å²) in [5, 5.41) is 15.8. The molecule has 0 saturated carbocycles. The summed E-state index contributed by atoms with van der Waals surface area (Å²) < 4.78 is 14.4. The first kappa shape index (κ1) is 27.2. The van der Waals surface area contributed by atoms with Gasteiger partial charge in [-0.2, -0.15) is 0 Å². The first-order valence-corrected chi connectivity index (χ1v) is 14.8. The van der Waals surface area contributed by atoms with Crippen molar-refractivity contribution in [3.63, 3.8) is 0 Å². The van der Waals surface area contributed by atoms with E-state index in [2.05, 4.69) is 10.6 Å². The van der Waals surface area contributed by atoms with Gasteiger partial charge in [-0.15, -0.1) is 11.3 Å². The van der Waals surface area contributed by atoms with Gasteiger partial charge in [0.25, 0.3) is 11.8 Å². The topological polar surface area (TPSA) is 94.6 Å². The molecule has 0 saturated heterocycles. The van der Waals surface area contributed by atoms with Gasteiger partial charge in [0.15, 0.2) is 0 Å². The molecule has 9 heteroatoms. The van der Waals surface area contributed by atoms with Crippen LogP contribution in [0.5, 0.6) is 0 Å². The summed E-state index contributed by atoms with van der Waals surface area (Å²) in [6.07, 6.45) is -0.129. The number of aromatic nitrogens is 1. The summed E-state index contributed by atoms with van der Waals surface area (Å²) in [5.41, 5.74) is 7.13. The van der Waals surface area contributed by atoms with Crippen molar-refractivity contribution in [3.8, 4) is 21.7 Å². The summed E-state index contributed by atoms with van der Waals surface area (Å²) in [6.45, 7) is 2.73. The summed E-state index contributed by atoms with van der Waals surface area (Å²) in [6, 6.07) is 25.4. The van der Waals surface area contributed by atoms with Crippen LogP contribution in [0.25, 0.3) is 21.7 Å². The Morgan fingerprint density at radius 2 is 1.86 bits per heavy atom. The van der Waals surface area contributed by atoms with Crippen LogP contribution in [-0.4, -0.2) is 28.4 Å². The standard InChI is InChI=1S/C34H27FN4O3S/c1-19-6-4-8-25(35)30(19)38-33(41)29-17-21-14-15-39(28-11-3-2-7-24(28)31(21)43-29)34(42)27-10-5-9-26(37-27)20-12-13-23-22(16-20)18-36-32(23)40/h2-13,16-17,32,36,40H,14-15,18H2,1H3,(H,38,41). The molecule has 2 aliphatic rings. The van der Waals surface area contributed by atoms with E-state index in [1.165, 1.54) is 17.4 Å². The number of thiophene rings is 1. The maximum Gasteiger partial charge on any atom is 0.276 e. The Labute approximate surface area is 251 Å². The molecule has 2 aromatic heterocycles. The van der Waals surface area contributed by atoms with Crippen molar-refractivity contribution in [2.45, 2.75) is 26.1 Å². The Kier molecular flexibility index (Phi) is 6.85. The van der Waals surface area contributed by atoms with Gasteiger partial charge < -0.3 is 15.3 Å². The van der Waals surface area contributed by atoms with E-state index in [1.807, 2.05) is 60.7 Å². The molecule has 2 amide bonds. The molecule has 214 valence electrons. The molecule has 2 aliphatic heterocycles. The summed E-state index contributed by atoms with van der Waals surface area (Å²) in [7, 11) is 0. The van der Waals surface area contributed by atoms with Gasteiger partial charge in [0.05, 0.1) is 21.9 Å². The molecule has 7 rings (SSSR count). The quantitative estimate of drug-likeness (QED) is 0.223. The SMILES string of the molecule is Cc1cccc(F)c1NC(=O)c1cc2c(s1)-c1ccccc1N(C(=O)c1cccc(-c3ccc4c(c3)CNC4O)n1)CC2. The number of aryl methyl sites for hydroxylation is 1. The molecule has 7 nitrogen and oxygen atoms in total. The summed E-state index contributed by atoms with van der Waals surface area (Å²) >= 11 is 1.34. The highest BCUT2D eigenvalue weighted by Crippen LogP contribution is 2.42. The number of aliphatic hydroxyl groups is 1. The number of amides is 2. The maximum atomic E-state index is 14.4. The number of anilines is 2. The third-order valence-corrected chi connectivity index (χ3v) is 9.18. The lowest BCUT2D eigenvalue weighted by molar-refractivity contribution is 0.0981. The molecule has 0 spiro atoms. The highest BCUT2D eigenvalue weighted by molar-refractivity contribution is 7.17. The van der Waals surface area contributed by atoms with Crippen LogP contribution in [0, 0.1) is 12.7 Å². The van der Waals surface area contributed by atoms with Crippen LogP contribution >= 0.6 is 11.3 Å². The minimum absolute atomic E-state index is 0.178. The van der Waals surface area contributed by atoms with Crippen molar-refractivity contribution in [2.75, 3.05) is 16.8 Å². The zero-order valence-corrected chi connectivity index (χ0v) is 24.0. The summed E-state index contributed by atoms with van der Waals surface area (Å²) in [5.74, 6) is -1.05. The molecule has 0 radical (unpaired) electrons. The van der Waals surface area contributed by atoms with Crippen LogP contribution in [0.15, 0.2) is 84.9 Å². The van der Waals surface area contributed by atoms with Gasteiger partial charge in [-0.25, -0.2) is 9.37 Å². The van der Waals surface area contributed by atoms with E-state index < -0.39 is 12.0 Å². The number of nitrogens with zero attached hydrogens (tertiary/aromatic N) is 2. The van der Waals surface area contributed by atoms with E-state index >= 15 is 0 Å². The average Bonchev–Trinajstić information content (AvgIpc) is 3.58. The van der Waals surface area contributed by atoms with Crippen LogP contribution in [0.4, 0.5) is 15.8 Å². The minimum Gasteiger partial charge on any atom is -0.374 e. The van der Waals surface area contributed by atoms with Crippen molar-refractivity contribution in [1.82, 2.24) is 10.3 Å². The number of nitrogens with one attached hydrogen (secondary N) is 2. The van der Waals surface area contributed by atoms with Crippen LogP contribution in [0.1, 0.15) is 48.6 Å². The largest absolute Gasteiger partial charge is 0.374 e. The van der Waals surface area contributed by atoms with Gasteiger partial charge in [0.1, 0.15) is 17.7 Å². The Morgan fingerprint density at radius 1 is 1.02 bits per heavy atom. The van der Waals surface area contributed by atoms with E-state index in [4.69, 9.17) is 4.98 Å². The second-order valence-electron chi connectivity index (χ2n) is 10.7. The number of aliphatic hydroxyl groups excluding tert-OH is 1. The third kappa shape index (κ3) is 4.91. The van der Waals surface area contributed by atoms with Gasteiger partial charge in [0, 0.05) is 29.1 Å². The molecule has 0 bridgehead atoms. The lowest BCUT2D eigenvalue weighted by atomic mass is 10.0. The predicted octanol–water partition coefficient (Wildman–Crippen LogP) is 6.47. The van der Waals surface area contributed by atoms with Crippen molar-refractivity contribution in [1.29, 1.82) is 0 Å². The van der Waals surface area contributed by atoms with Gasteiger partial charge >= 0.3 is 0 Å². The molecular formula is C34H27FN4O3S. The van der Waals surface area contributed by atoms with Gasteiger partial charge in [-0.3, -0.25) is 14.9 Å². The van der Waals surface area contributed by atoms with E-state index in [0.717, 1.165) is 38.4 Å². The smallest absolute Gasteiger partial charge is 0.276 e. The zero-order valence-electron chi connectivity index (χ0n) is 23.2. The minimum atomic E-state index is -0.669. The van der Waals surface area contributed by atoms with Crippen LogP contribution in [0.2, 0.25) is 0 Å². The number of carbonyl (C=O) groups excluding carboxylic acids is 2. The number of rotatable bonds is 4. The van der Waals surface area contributed by atoms with E-state index in [1.54, 1.807) is 30.0 Å². The number of hydrogen-bond donors (Lipinski definition) is 3. The van der Waals surface area contributed by atoms with Gasteiger partial charge in [0.2, 0.25) is 0 Å². The van der Waals surface area contributed by atoms with Crippen molar-refractivity contribution < 1.29 is 19.1 Å². The van der Waals surface area contributed by atoms with Crippen LogP contribution in [0.3, 0.4) is 0 Å². The number of carbonyl (C=O) groups is 2. The fraction of sp³-hybridized carbons (Fsp3) is 0.147. The molecule has 5 aromatic rings. The maximum absolute atomic E-state index is 14.4. The predicted molar refractivity (Wildman–Crippen MR) is 166 cm³/mol. The second-order valence-corrected chi connectivity index (χ2v) is 11.7. The normalized spacial score (nSPS) is 15.3. The van der Waals surface area contributed by atoms with Gasteiger partial charge in [-0.05, 0) is 72.0 Å². The Hall–Kier alpha value is -4.70. The molecule has 3 N–H and O–H groups in total.